The lowest BCUT2D eigenvalue weighted by Crippen LogP contribution is -2.36. The van der Waals surface area contributed by atoms with Crippen LogP contribution < -0.4 is 4.72 Å². The van der Waals surface area contributed by atoms with Crippen molar-refractivity contribution in [3.63, 3.8) is 0 Å². The monoisotopic (exact) mass is 288 g/mol. The van der Waals surface area contributed by atoms with E-state index < -0.39 is 10.0 Å². The van der Waals surface area contributed by atoms with Crippen LogP contribution >= 0.6 is 11.6 Å². The maximum Gasteiger partial charge on any atom is 0.240 e. The molecular formula is C12H17ClN2O2S. The Morgan fingerprint density at radius 1 is 1.39 bits per heavy atom. The van der Waals surface area contributed by atoms with Gasteiger partial charge in [-0.3, -0.25) is 0 Å². The summed E-state index contributed by atoms with van der Waals surface area (Å²) in [5.74, 6) is 0.390. The van der Waals surface area contributed by atoms with Crippen LogP contribution in [0.25, 0.3) is 0 Å². The van der Waals surface area contributed by atoms with Gasteiger partial charge in [-0.1, -0.05) is 12.1 Å². The van der Waals surface area contributed by atoms with E-state index in [4.69, 9.17) is 11.6 Å². The maximum absolute atomic E-state index is 12.1. The fraction of sp³-hybridized carbons (Fsp3) is 0.500. The molecule has 0 aliphatic carbocycles. The molecule has 0 spiro atoms. The predicted octanol–water partition coefficient (Wildman–Crippen LogP) is 1.41. The molecule has 2 rings (SSSR count). The van der Waals surface area contributed by atoms with Gasteiger partial charge in [-0.05, 0) is 37.7 Å². The molecule has 0 saturated carbocycles. The third-order valence-electron chi connectivity index (χ3n) is 3.10. The zero-order chi connectivity index (χ0) is 13.2. The van der Waals surface area contributed by atoms with Crippen molar-refractivity contribution in [2.24, 2.45) is 0 Å². The van der Waals surface area contributed by atoms with Crippen LogP contribution in [-0.2, 0) is 15.9 Å². The lowest BCUT2D eigenvalue weighted by molar-refractivity contribution is 0.407. The largest absolute Gasteiger partial charge is 0.305 e. The molecule has 1 aliphatic heterocycles. The molecule has 0 amide bonds. The molecule has 1 aromatic carbocycles. The number of sulfonamides is 1. The van der Waals surface area contributed by atoms with Gasteiger partial charge in [-0.25, -0.2) is 13.1 Å². The van der Waals surface area contributed by atoms with Gasteiger partial charge in [0.15, 0.2) is 0 Å². The Bertz CT molecular complexity index is 501. The highest BCUT2D eigenvalue weighted by Gasteiger charge is 2.25. The Hall–Kier alpha value is -0.620. The highest BCUT2D eigenvalue weighted by molar-refractivity contribution is 7.89. The lowest BCUT2D eigenvalue weighted by atomic mass is 10.2. The maximum atomic E-state index is 12.1. The van der Waals surface area contributed by atoms with Crippen molar-refractivity contribution in [3.8, 4) is 0 Å². The minimum Gasteiger partial charge on any atom is -0.305 e. The average molecular weight is 289 g/mol. The van der Waals surface area contributed by atoms with Crippen molar-refractivity contribution in [2.75, 3.05) is 20.1 Å². The number of halogens is 1. The van der Waals surface area contributed by atoms with E-state index in [1.54, 1.807) is 24.3 Å². The standard InChI is InChI=1S/C12H17ClN2O2S/c1-15-7-6-11(9-15)14-18(16,17)12-4-2-10(8-13)3-5-12/h2-5,11,14H,6-9H2,1H3. The molecular weight excluding hydrogens is 272 g/mol. The smallest absolute Gasteiger partial charge is 0.240 e. The van der Waals surface area contributed by atoms with Crippen LogP contribution in [-0.4, -0.2) is 39.5 Å². The van der Waals surface area contributed by atoms with Gasteiger partial charge in [-0.2, -0.15) is 0 Å². The minimum absolute atomic E-state index is 0.00713. The van der Waals surface area contributed by atoms with E-state index in [-0.39, 0.29) is 6.04 Å². The molecule has 0 bridgehead atoms. The molecule has 1 saturated heterocycles. The first-order valence-corrected chi connectivity index (χ1v) is 7.89. The molecule has 1 aromatic rings. The summed E-state index contributed by atoms with van der Waals surface area (Å²) >= 11 is 5.68. The van der Waals surface area contributed by atoms with Crippen LogP contribution in [0.4, 0.5) is 0 Å². The molecule has 1 heterocycles. The summed E-state index contributed by atoms with van der Waals surface area (Å²) in [6.07, 6.45) is 0.857. The van der Waals surface area contributed by atoms with Crippen LogP contribution in [0.3, 0.4) is 0 Å². The normalized spacial score (nSPS) is 21.3. The summed E-state index contributed by atoms with van der Waals surface area (Å²) < 4.78 is 27.0. The number of hydrogen-bond donors (Lipinski definition) is 1. The summed E-state index contributed by atoms with van der Waals surface area (Å²) in [7, 11) is -1.42. The number of likely N-dealkylation sites (tertiary alicyclic amines) is 1. The predicted molar refractivity (Wildman–Crippen MR) is 72.2 cm³/mol. The highest BCUT2D eigenvalue weighted by atomic mass is 35.5. The summed E-state index contributed by atoms with van der Waals surface area (Å²) in [5.41, 5.74) is 0.913. The fourth-order valence-corrected chi connectivity index (χ4v) is 3.52. The average Bonchev–Trinajstić information content (AvgIpc) is 2.74. The zero-order valence-corrected chi connectivity index (χ0v) is 11.8. The second-order valence-corrected chi connectivity index (χ2v) is 6.63. The number of likely N-dealkylation sites (N-methyl/N-ethyl adjacent to an activating group) is 1. The van der Waals surface area contributed by atoms with Crippen LogP contribution in [0, 0.1) is 0 Å². The summed E-state index contributed by atoms with van der Waals surface area (Å²) in [5, 5.41) is 0. The quantitative estimate of drug-likeness (QED) is 0.852. The third kappa shape index (κ3) is 3.23. The summed E-state index contributed by atoms with van der Waals surface area (Å²) in [4.78, 5) is 2.41. The van der Waals surface area contributed by atoms with Crippen LogP contribution in [0.15, 0.2) is 29.2 Å². The Balaban J connectivity index is 2.10. The number of rotatable bonds is 4. The minimum atomic E-state index is -3.41. The van der Waals surface area contributed by atoms with Crippen molar-refractivity contribution >= 4 is 21.6 Å². The van der Waals surface area contributed by atoms with Gasteiger partial charge in [0, 0.05) is 18.5 Å². The SMILES string of the molecule is CN1CCC(NS(=O)(=O)c2ccc(CCl)cc2)C1. The van der Waals surface area contributed by atoms with Crippen LogP contribution in [0.5, 0.6) is 0 Å². The van der Waals surface area contributed by atoms with Gasteiger partial charge in [0.25, 0.3) is 0 Å². The number of nitrogens with zero attached hydrogens (tertiary/aromatic N) is 1. The van der Waals surface area contributed by atoms with Gasteiger partial charge in [0.2, 0.25) is 10.0 Å². The number of benzene rings is 1. The van der Waals surface area contributed by atoms with E-state index in [1.807, 2.05) is 7.05 Å². The summed E-state index contributed by atoms with van der Waals surface area (Å²) in [6, 6.07) is 6.68. The molecule has 100 valence electrons. The lowest BCUT2D eigenvalue weighted by Gasteiger charge is -2.13. The zero-order valence-electron chi connectivity index (χ0n) is 10.3. The fourth-order valence-electron chi connectivity index (χ4n) is 2.08. The molecule has 1 N–H and O–H groups in total. The molecule has 4 nitrogen and oxygen atoms in total. The first-order valence-electron chi connectivity index (χ1n) is 5.87. The summed E-state index contributed by atoms with van der Waals surface area (Å²) in [6.45, 7) is 1.69. The number of hydrogen-bond acceptors (Lipinski definition) is 3. The van der Waals surface area contributed by atoms with E-state index in [1.165, 1.54) is 0 Å². The van der Waals surface area contributed by atoms with E-state index in [0.29, 0.717) is 10.8 Å². The first-order chi connectivity index (χ1) is 8.51. The second kappa shape index (κ2) is 5.57. The van der Waals surface area contributed by atoms with Gasteiger partial charge in [0.05, 0.1) is 4.90 Å². The van der Waals surface area contributed by atoms with Crippen LogP contribution in [0.1, 0.15) is 12.0 Å². The third-order valence-corrected chi connectivity index (χ3v) is 4.95. The van der Waals surface area contributed by atoms with E-state index in [0.717, 1.165) is 25.1 Å². The first kappa shape index (κ1) is 13.8. The van der Waals surface area contributed by atoms with E-state index >= 15 is 0 Å². The van der Waals surface area contributed by atoms with Crippen molar-refractivity contribution in [2.45, 2.75) is 23.2 Å². The molecule has 6 heteroatoms. The van der Waals surface area contributed by atoms with Crippen LogP contribution in [0.2, 0.25) is 0 Å². The molecule has 1 fully saturated rings. The second-order valence-electron chi connectivity index (χ2n) is 4.65. The molecule has 0 aromatic heterocycles. The van der Waals surface area contributed by atoms with Gasteiger partial charge in [0.1, 0.15) is 0 Å². The Kier molecular flexibility index (Phi) is 4.27. The molecule has 1 atom stereocenters. The number of nitrogens with one attached hydrogen (secondary N) is 1. The van der Waals surface area contributed by atoms with Crippen molar-refractivity contribution in [3.05, 3.63) is 29.8 Å². The number of alkyl halides is 1. The van der Waals surface area contributed by atoms with E-state index in [2.05, 4.69) is 9.62 Å². The molecule has 0 radical (unpaired) electrons. The van der Waals surface area contributed by atoms with E-state index in [9.17, 15) is 8.42 Å². The van der Waals surface area contributed by atoms with Crippen molar-refractivity contribution in [1.82, 2.24) is 9.62 Å². The molecule has 1 unspecified atom stereocenters. The van der Waals surface area contributed by atoms with Gasteiger partial charge < -0.3 is 4.90 Å². The van der Waals surface area contributed by atoms with Gasteiger partial charge in [-0.15, -0.1) is 11.6 Å². The Morgan fingerprint density at radius 3 is 2.56 bits per heavy atom. The Morgan fingerprint density at radius 2 is 2.06 bits per heavy atom. The van der Waals surface area contributed by atoms with Crippen molar-refractivity contribution < 1.29 is 8.42 Å². The Labute approximate surface area is 113 Å². The highest BCUT2D eigenvalue weighted by Crippen LogP contribution is 2.15. The topological polar surface area (TPSA) is 49.4 Å². The molecule has 1 aliphatic rings. The molecule has 18 heavy (non-hydrogen) atoms. The van der Waals surface area contributed by atoms with Crippen molar-refractivity contribution in [1.29, 1.82) is 0 Å². The van der Waals surface area contributed by atoms with Gasteiger partial charge >= 0.3 is 0 Å².